The van der Waals surface area contributed by atoms with Crippen LogP contribution in [0.3, 0.4) is 0 Å². The van der Waals surface area contributed by atoms with Crippen LogP contribution in [0.1, 0.15) is 15.9 Å². The summed E-state index contributed by atoms with van der Waals surface area (Å²) in [4.78, 5) is 14.4. The van der Waals surface area contributed by atoms with E-state index in [0.29, 0.717) is 31.0 Å². The Labute approximate surface area is 124 Å². The van der Waals surface area contributed by atoms with Crippen LogP contribution >= 0.6 is 0 Å². The number of furan rings is 1. The molecule has 0 atom stereocenters. The highest BCUT2D eigenvalue weighted by molar-refractivity contribution is 5.94. The van der Waals surface area contributed by atoms with Crippen molar-refractivity contribution in [2.24, 2.45) is 0 Å². The van der Waals surface area contributed by atoms with E-state index < -0.39 is 0 Å². The molecule has 0 aliphatic carbocycles. The van der Waals surface area contributed by atoms with Crippen LogP contribution in [0.15, 0.2) is 47.3 Å². The van der Waals surface area contributed by atoms with Gasteiger partial charge in [0.25, 0.3) is 5.91 Å². The molecule has 21 heavy (non-hydrogen) atoms. The fraction of sp³-hybridized carbons (Fsp3) is 0.312. The van der Waals surface area contributed by atoms with E-state index in [1.54, 1.807) is 49.8 Å². The third-order valence-electron chi connectivity index (χ3n) is 3.12. The van der Waals surface area contributed by atoms with Gasteiger partial charge in [0.1, 0.15) is 5.75 Å². The maximum absolute atomic E-state index is 12.6. The molecule has 0 aliphatic heterocycles. The Bertz CT molecular complexity index is 565. The molecule has 5 nitrogen and oxygen atoms in total. The van der Waals surface area contributed by atoms with Crippen molar-refractivity contribution in [2.75, 3.05) is 27.4 Å². The van der Waals surface area contributed by atoms with Crippen LogP contribution in [0.4, 0.5) is 0 Å². The van der Waals surface area contributed by atoms with Crippen LogP contribution in [0.5, 0.6) is 5.75 Å². The Morgan fingerprint density at radius 2 is 2.14 bits per heavy atom. The molecule has 112 valence electrons. The normalized spacial score (nSPS) is 10.4. The molecule has 0 N–H and O–H groups in total. The summed E-state index contributed by atoms with van der Waals surface area (Å²) in [6.45, 7) is 1.47. The van der Waals surface area contributed by atoms with Crippen LogP contribution in [0, 0.1) is 0 Å². The van der Waals surface area contributed by atoms with Crippen molar-refractivity contribution in [3.63, 3.8) is 0 Å². The smallest absolute Gasteiger partial charge is 0.254 e. The first kappa shape index (κ1) is 15.1. The lowest BCUT2D eigenvalue weighted by Crippen LogP contribution is -2.33. The highest BCUT2D eigenvalue weighted by Gasteiger charge is 2.17. The molecule has 1 aromatic heterocycles. The molecular weight excluding hydrogens is 270 g/mol. The van der Waals surface area contributed by atoms with Gasteiger partial charge in [-0.15, -0.1) is 0 Å². The summed E-state index contributed by atoms with van der Waals surface area (Å²) in [5.41, 5.74) is 1.54. The molecule has 0 saturated heterocycles. The Hall–Kier alpha value is -2.27. The molecule has 1 amide bonds. The van der Waals surface area contributed by atoms with E-state index in [2.05, 4.69) is 0 Å². The minimum atomic E-state index is -0.0628. The van der Waals surface area contributed by atoms with Crippen molar-refractivity contribution in [1.29, 1.82) is 0 Å². The van der Waals surface area contributed by atoms with Crippen LogP contribution in [0.25, 0.3) is 0 Å². The van der Waals surface area contributed by atoms with Gasteiger partial charge in [0.15, 0.2) is 0 Å². The molecule has 5 heteroatoms. The summed E-state index contributed by atoms with van der Waals surface area (Å²) in [5.74, 6) is 0.600. The molecule has 0 spiro atoms. The first-order chi connectivity index (χ1) is 10.2. The molecule has 2 aromatic rings. The Morgan fingerprint density at radius 1 is 1.29 bits per heavy atom. The standard InChI is InChI=1S/C16H19NO4/c1-19-9-7-17(11-13-6-8-21-12-13)16(18)14-4-3-5-15(10-14)20-2/h3-6,8,10,12H,7,9,11H2,1-2H3. The third-order valence-corrected chi connectivity index (χ3v) is 3.12. The third kappa shape index (κ3) is 4.10. The number of carbonyl (C=O) groups excluding carboxylic acids is 1. The number of hydrogen-bond donors (Lipinski definition) is 0. The number of methoxy groups -OCH3 is 2. The average Bonchev–Trinajstić information content (AvgIpc) is 3.03. The van der Waals surface area contributed by atoms with Gasteiger partial charge in [0.05, 0.1) is 26.2 Å². The highest BCUT2D eigenvalue weighted by atomic mass is 16.5. The Balaban J connectivity index is 2.15. The monoisotopic (exact) mass is 289 g/mol. The van der Waals surface area contributed by atoms with E-state index in [1.807, 2.05) is 12.1 Å². The zero-order chi connectivity index (χ0) is 15.1. The van der Waals surface area contributed by atoms with Gasteiger partial charge in [-0.25, -0.2) is 0 Å². The minimum Gasteiger partial charge on any atom is -0.497 e. The lowest BCUT2D eigenvalue weighted by atomic mass is 10.1. The van der Waals surface area contributed by atoms with Crippen molar-refractivity contribution in [1.82, 2.24) is 4.90 Å². The van der Waals surface area contributed by atoms with Gasteiger partial charge in [-0.1, -0.05) is 6.07 Å². The van der Waals surface area contributed by atoms with Crippen molar-refractivity contribution >= 4 is 5.91 Å². The summed E-state index contributed by atoms with van der Waals surface area (Å²) in [6.07, 6.45) is 3.23. The van der Waals surface area contributed by atoms with E-state index >= 15 is 0 Å². The zero-order valence-corrected chi connectivity index (χ0v) is 12.2. The fourth-order valence-electron chi connectivity index (χ4n) is 2.00. The molecule has 2 rings (SSSR count). The van der Waals surface area contributed by atoms with E-state index in [9.17, 15) is 4.79 Å². The summed E-state index contributed by atoms with van der Waals surface area (Å²) in [7, 11) is 3.20. The molecule has 0 saturated carbocycles. The summed E-state index contributed by atoms with van der Waals surface area (Å²) >= 11 is 0. The van der Waals surface area contributed by atoms with Gasteiger partial charge in [-0.05, 0) is 24.3 Å². The maximum atomic E-state index is 12.6. The molecule has 0 fully saturated rings. The van der Waals surface area contributed by atoms with Gasteiger partial charge in [-0.3, -0.25) is 4.79 Å². The second-order valence-corrected chi connectivity index (χ2v) is 4.58. The van der Waals surface area contributed by atoms with E-state index in [0.717, 1.165) is 5.56 Å². The van der Waals surface area contributed by atoms with Crippen LogP contribution in [-0.4, -0.2) is 38.2 Å². The minimum absolute atomic E-state index is 0.0628. The quantitative estimate of drug-likeness (QED) is 0.786. The largest absolute Gasteiger partial charge is 0.497 e. The first-order valence-electron chi connectivity index (χ1n) is 6.68. The SMILES string of the molecule is COCCN(Cc1ccoc1)C(=O)c1cccc(OC)c1. The maximum Gasteiger partial charge on any atom is 0.254 e. The number of ether oxygens (including phenoxy) is 2. The number of benzene rings is 1. The molecular formula is C16H19NO4. The van der Waals surface area contributed by atoms with Crippen LogP contribution in [0.2, 0.25) is 0 Å². The van der Waals surface area contributed by atoms with Crippen molar-refractivity contribution in [3.8, 4) is 5.75 Å². The first-order valence-corrected chi connectivity index (χ1v) is 6.68. The molecule has 1 aromatic carbocycles. The summed E-state index contributed by atoms with van der Waals surface area (Å²) < 4.78 is 15.3. The second kappa shape index (κ2) is 7.50. The van der Waals surface area contributed by atoms with Gasteiger partial charge in [0.2, 0.25) is 0 Å². The summed E-state index contributed by atoms with van der Waals surface area (Å²) in [5, 5.41) is 0. The number of rotatable bonds is 7. The van der Waals surface area contributed by atoms with Gasteiger partial charge < -0.3 is 18.8 Å². The van der Waals surface area contributed by atoms with Gasteiger partial charge in [-0.2, -0.15) is 0 Å². The lowest BCUT2D eigenvalue weighted by molar-refractivity contribution is 0.0680. The lowest BCUT2D eigenvalue weighted by Gasteiger charge is -2.22. The van der Waals surface area contributed by atoms with Gasteiger partial charge in [0, 0.05) is 31.3 Å². The topological polar surface area (TPSA) is 51.9 Å². The predicted octanol–water partition coefficient (Wildman–Crippen LogP) is 2.58. The molecule has 0 aliphatic rings. The van der Waals surface area contributed by atoms with Crippen LogP contribution < -0.4 is 4.74 Å². The number of hydrogen-bond acceptors (Lipinski definition) is 4. The number of nitrogens with zero attached hydrogens (tertiary/aromatic N) is 1. The van der Waals surface area contributed by atoms with Crippen molar-refractivity contribution in [2.45, 2.75) is 6.54 Å². The fourth-order valence-corrected chi connectivity index (χ4v) is 2.00. The average molecular weight is 289 g/mol. The molecule has 1 heterocycles. The van der Waals surface area contributed by atoms with E-state index in [1.165, 1.54) is 0 Å². The van der Waals surface area contributed by atoms with Crippen molar-refractivity contribution in [3.05, 3.63) is 54.0 Å². The van der Waals surface area contributed by atoms with E-state index in [-0.39, 0.29) is 5.91 Å². The molecule has 0 radical (unpaired) electrons. The number of amides is 1. The highest BCUT2D eigenvalue weighted by Crippen LogP contribution is 2.16. The summed E-state index contributed by atoms with van der Waals surface area (Å²) in [6, 6.07) is 8.97. The van der Waals surface area contributed by atoms with Crippen LogP contribution in [-0.2, 0) is 11.3 Å². The second-order valence-electron chi connectivity index (χ2n) is 4.58. The number of carbonyl (C=O) groups is 1. The Morgan fingerprint density at radius 3 is 2.81 bits per heavy atom. The van der Waals surface area contributed by atoms with Gasteiger partial charge >= 0.3 is 0 Å². The molecule has 0 unspecified atom stereocenters. The molecule has 0 bridgehead atoms. The van der Waals surface area contributed by atoms with Crippen molar-refractivity contribution < 1.29 is 18.7 Å². The van der Waals surface area contributed by atoms with E-state index in [4.69, 9.17) is 13.9 Å². The zero-order valence-electron chi connectivity index (χ0n) is 12.2. The predicted molar refractivity (Wildman–Crippen MR) is 78.3 cm³/mol. The Kier molecular flexibility index (Phi) is 5.40.